The molecule has 114 valence electrons. The molecule has 0 aliphatic rings. The molecule has 0 aromatic carbocycles. The maximum absolute atomic E-state index is 12.6. The Morgan fingerprint density at radius 3 is 2.50 bits per heavy atom. The Kier molecular flexibility index (Phi) is 5.19. The van der Waals surface area contributed by atoms with Crippen LogP contribution in [0.5, 0.6) is 0 Å². The van der Waals surface area contributed by atoms with Crippen molar-refractivity contribution in [1.82, 2.24) is 14.9 Å². The SMILES string of the molecule is CC(CN(Cc1cccnc1)C(=O)c1ccncc1)C(=O)O. The van der Waals surface area contributed by atoms with Gasteiger partial charge in [-0.2, -0.15) is 0 Å². The average molecular weight is 299 g/mol. The normalized spacial score (nSPS) is 11.7. The summed E-state index contributed by atoms with van der Waals surface area (Å²) in [5.41, 5.74) is 1.33. The molecule has 2 aromatic heterocycles. The lowest BCUT2D eigenvalue weighted by Crippen LogP contribution is -2.36. The van der Waals surface area contributed by atoms with Gasteiger partial charge in [0.2, 0.25) is 0 Å². The topological polar surface area (TPSA) is 83.4 Å². The van der Waals surface area contributed by atoms with E-state index in [4.69, 9.17) is 5.11 Å². The van der Waals surface area contributed by atoms with Gasteiger partial charge in [-0.3, -0.25) is 19.6 Å². The number of hydrogen-bond donors (Lipinski definition) is 1. The number of carbonyl (C=O) groups is 2. The highest BCUT2D eigenvalue weighted by atomic mass is 16.4. The third kappa shape index (κ3) is 4.12. The molecule has 22 heavy (non-hydrogen) atoms. The summed E-state index contributed by atoms with van der Waals surface area (Å²) in [5.74, 6) is -1.81. The number of aliphatic carboxylic acids is 1. The molecule has 6 nitrogen and oxygen atoms in total. The summed E-state index contributed by atoms with van der Waals surface area (Å²) in [6.45, 7) is 2.02. The van der Waals surface area contributed by atoms with E-state index in [2.05, 4.69) is 9.97 Å². The van der Waals surface area contributed by atoms with E-state index in [9.17, 15) is 9.59 Å². The molecule has 0 saturated carbocycles. The van der Waals surface area contributed by atoms with Crippen LogP contribution in [0.3, 0.4) is 0 Å². The highest BCUT2D eigenvalue weighted by Crippen LogP contribution is 2.12. The fourth-order valence-electron chi connectivity index (χ4n) is 2.02. The number of amides is 1. The van der Waals surface area contributed by atoms with Crippen LogP contribution in [-0.2, 0) is 11.3 Å². The van der Waals surface area contributed by atoms with Crippen LogP contribution in [0.1, 0.15) is 22.8 Å². The molecule has 6 heteroatoms. The van der Waals surface area contributed by atoms with E-state index < -0.39 is 11.9 Å². The minimum Gasteiger partial charge on any atom is -0.481 e. The van der Waals surface area contributed by atoms with Gasteiger partial charge < -0.3 is 10.0 Å². The first kappa shape index (κ1) is 15.6. The van der Waals surface area contributed by atoms with Gasteiger partial charge in [-0.15, -0.1) is 0 Å². The molecular weight excluding hydrogens is 282 g/mol. The Morgan fingerprint density at radius 2 is 1.91 bits per heavy atom. The molecule has 2 aromatic rings. The van der Waals surface area contributed by atoms with Gasteiger partial charge in [0.25, 0.3) is 5.91 Å². The number of carboxylic acids is 1. The van der Waals surface area contributed by atoms with Crippen LogP contribution in [-0.4, -0.2) is 38.4 Å². The van der Waals surface area contributed by atoms with Gasteiger partial charge in [-0.1, -0.05) is 13.0 Å². The third-order valence-electron chi connectivity index (χ3n) is 3.23. The number of hydrogen-bond acceptors (Lipinski definition) is 4. The number of rotatable bonds is 6. The number of nitrogens with zero attached hydrogens (tertiary/aromatic N) is 3. The van der Waals surface area contributed by atoms with Crippen molar-refractivity contribution in [2.45, 2.75) is 13.5 Å². The minimum atomic E-state index is -0.932. The van der Waals surface area contributed by atoms with E-state index in [0.717, 1.165) is 5.56 Å². The molecular formula is C16H17N3O3. The Balaban J connectivity index is 2.21. The number of pyridine rings is 2. The summed E-state index contributed by atoms with van der Waals surface area (Å²) in [7, 11) is 0. The summed E-state index contributed by atoms with van der Waals surface area (Å²) in [5, 5.41) is 9.09. The van der Waals surface area contributed by atoms with Gasteiger partial charge in [-0.05, 0) is 23.8 Å². The van der Waals surface area contributed by atoms with Crippen LogP contribution >= 0.6 is 0 Å². The molecule has 0 spiro atoms. The molecule has 0 fully saturated rings. The van der Waals surface area contributed by atoms with Crippen molar-refractivity contribution in [3.05, 3.63) is 60.2 Å². The van der Waals surface area contributed by atoms with E-state index in [1.165, 1.54) is 17.3 Å². The quantitative estimate of drug-likeness (QED) is 0.880. The van der Waals surface area contributed by atoms with Crippen LogP contribution in [0.25, 0.3) is 0 Å². The standard InChI is InChI=1S/C16H17N3O3/c1-12(16(21)22)10-19(11-13-3-2-6-18-9-13)15(20)14-4-7-17-8-5-14/h2-9,12H,10-11H2,1H3,(H,21,22). The van der Waals surface area contributed by atoms with Crippen molar-refractivity contribution >= 4 is 11.9 Å². The van der Waals surface area contributed by atoms with Crippen molar-refractivity contribution in [3.63, 3.8) is 0 Å². The van der Waals surface area contributed by atoms with Crippen LogP contribution in [0, 0.1) is 5.92 Å². The predicted octanol–water partition coefficient (Wildman–Crippen LogP) is 1.84. The van der Waals surface area contributed by atoms with Gasteiger partial charge in [-0.25, -0.2) is 0 Å². The summed E-state index contributed by atoms with van der Waals surface area (Å²) < 4.78 is 0. The molecule has 0 saturated heterocycles. The fraction of sp³-hybridized carbons (Fsp3) is 0.250. The molecule has 0 aliphatic carbocycles. The van der Waals surface area contributed by atoms with Gasteiger partial charge in [0.15, 0.2) is 0 Å². The molecule has 0 bridgehead atoms. The molecule has 1 N–H and O–H groups in total. The molecule has 1 atom stereocenters. The lowest BCUT2D eigenvalue weighted by Gasteiger charge is -2.24. The predicted molar refractivity (Wildman–Crippen MR) is 80.0 cm³/mol. The van der Waals surface area contributed by atoms with Gasteiger partial charge in [0, 0.05) is 43.4 Å². The Bertz CT molecular complexity index is 632. The zero-order chi connectivity index (χ0) is 15.9. The highest BCUT2D eigenvalue weighted by Gasteiger charge is 2.22. The molecule has 1 amide bonds. The van der Waals surface area contributed by atoms with E-state index >= 15 is 0 Å². The number of carboxylic acid groups (broad SMARTS) is 1. The smallest absolute Gasteiger partial charge is 0.308 e. The zero-order valence-corrected chi connectivity index (χ0v) is 12.2. The second kappa shape index (κ2) is 7.31. The Labute approximate surface area is 128 Å². The van der Waals surface area contributed by atoms with E-state index in [-0.39, 0.29) is 12.5 Å². The number of aromatic nitrogens is 2. The molecule has 0 aliphatic heterocycles. The Morgan fingerprint density at radius 1 is 1.18 bits per heavy atom. The second-order valence-corrected chi connectivity index (χ2v) is 5.02. The van der Waals surface area contributed by atoms with Crippen LogP contribution in [0.2, 0.25) is 0 Å². The van der Waals surface area contributed by atoms with Crippen LogP contribution in [0.4, 0.5) is 0 Å². The first-order valence-electron chi connectivity index (χ1n) is 6.89. The second-order valence-electron chi connectivity index (χ2n) is 5.02. The van der Waals surface area contributed by atoms with Crippen molar-refractivity contribution < 1.29 is 14.7 Å². The van der Waals surface area contributed by atoms with Gasteiger partial charge in [0.1, 0.15) is 0 Å². The summed E-state index contributed by atoms with van der Waals surface area (Å²) in [6.07, 6.45) is 6.39. The van der Waals surface area contributed by atoms with Crippen molar-refractivity contribution in [1.29, 1.82) is 0 Å². The number of carbonyl (C=O) groups excluding carboxylic acids is 1. The van der Waals surface area contributed by atoms with Crippen LogP contribution in [0.15, 0.2) is 49.1 Å². The zero-order valence-electron chi connectivity index (χ0n) is 12.2. The van der Waals surface area contributed by atoms with Crippen molar-refractivity contribution in [3.8, 4) is 0 Å². The highest BCUT2D eigenvalue weighted by molar-refractivity contribution is 5.94. The van der Waals surface area contributed by atoms with Gasteiger partial charge in [0.05, 0.1) is 5.92 Å². The van der Waals surface area contributed by atoms with E-state index in [1.807, 2.05) is 6.07 Å². The van der Waals surface area contributed by atoms with Crippen LogP contribution < -0.4 is 0 Å². The lowest BCUT2D eigenvalue weighted by molar-refractivity contribution is -0.141. The first-order chi connectivity index (χ1) is 10.6. The Hall–Kier alpha value is -2.76. The molecule has 2 heterocycles. The molecule has 1 unspecified atom stereocenters. The molecule has 2 rings (SSSR count). The van der Waals surface area contributed by atoms with Gasteiger partial charge >= 0.3 is 5.97 Å². The largest absolute Gasteiger partial charge is 0.481 e. The fourth-order valence-corrected chi connectivity index (χ4v) is 2.02. The van der Waals surface area contributed by atoms with E-state index in [0.29, 0.717) is 12.1 Å². The maximum Gasteiger partial charge on any atom is 0.308 e. The summed E-state index contributed by atoms with van der Waals surface area (Å²) in [4.78, 5) is 33.1. The monoisotopic (exact) mass is 299 g/mol. The lowest BCUT2D eigenvalue weighted by atomic mass is 10.1. The summed E-state index contributed by atoms with van der Waals surface area (Å²) >= 11 is 0. The van der Waals surface area contributed by atoms with Crippen molar-refractivity contribution in [2.24, 2.45) is 5.92 Å². The average Bonchev–Trinajstić information content (AvgIpc) is 2.55. The first-order valence-corrected chi connectivity index (χ1v) is 6.89. The minimum absolute atomic E-state index is 0.130. The van der Waals surface area contributed by atoms with Crippen molar-refractivity contribution in [2.75, 3.05) is 6.54 Å². The van der Waals surface area contributed by atoms with E-state index in [1.54, 1.807) is 37.5 Å². The molecule has 0 radical (unpaired) electrons. The summed E-state index contributed by atoms with van der Waals surface area (Å²) in [6, 6.07) is 6.87. The third-order valence-corrected chi connectivity index (χ3v) is 3.23. The maximum atomic E-state index is 12.6.